The van der Waals surface area contributed by atoms with Gasteiger partial charge in [0.1, 0.15) is 29.8 Å². The summed E-state index contributed by atoms with van der Waals surface area (Å²) in [5.41, 5.74) is 24.7. The first-order valence-electron chi connectivity index (χ1n) is 39.4. The normalized spacial score (nSPS) is 14.2. The van der Waals surface area contributed by atoms with Gasteiger partial charge in [-0.15, -0.1) is 0 Å². The van der Waals surface area contributed by atoms with Crippen LogP contribution in [-0.2, 0) is 9.13 Å². The van der Waals surface area contributed by atoms with Gasteiger partial charge in [-0.05, 0) is 245 Å². The predicted molar refractivity (Wildman–Crippen MR) is 490 cm³/mol. The number of furan rings is 2. The van der Waals surface area contributed by atoms with E-state index in [0.29, 0.717) is 11.5 Å². The first-order valence-corrected chi connectivity index (χ1v) is 43.2. The minimum atomic E-state index is -3.31. The number of anilines is 12. The van der Waals surface area contributed by atoms with Crippen LogP contribution >= 0.6 is 14.3 Å². The molecule has 8 nitrogen and oxygen atoms in total. The molecule has 2 atom stereocenters. The van der Waals surface area contributed by atoms with Crippen molar-refractivity contribution in [1.82, 2.24) is 0 Å². The van der Waals surface area contributed by atoms with Gasteiger partial charge < -0.3 is 37.6 Å². The molecule has 2 aliphatic heterocycles. The van der Waals surface area contributed by atoms with Gasteiger partial charge in [0.05, 0.1) is 10.6 Å². The smallest absolute Gasteiger partial charge is 0.176 e. The number of rotatable bonds is 17. The Morgan fingerprint density at radius 1 is 0.214 bits per heavy atom. The van der Waals surface area contributed by atoms with Crippen LogP contribution in [0.2, 0.25) is 0 Å². The molecule has 0 aliphatic carbocycles. The average Bonchev–Trinajstić information content (AvgIpc) is 1.50. The molecule has 17 aromatic carbocycles. The molecule has 0 amide bonds. The predicted octanol–water partition coefficient (Wildman–Crippen LogP) is 28.0. The Kier molecular flexibility index (Phi) is 18.6. The summed E-state index contributed by atoms with van der Waals surface area (Å²) in [6, 6.07) is 153. The molecule has 0 radical (unpaired) electrons. The molecular weight excluding hydrogens is 1470 g/mol. The fourth-order valence-electron chi connectivity index (χ4n) is 16.8. The zero-order valence-electron chi connectivity index (χ0n) is 64.0. The van der Waals surface area contributed by atoms with Crippen molar-refractivity contribution in [1.29, 1.82) is 0 Å². The lowest BCUT2D eigenvalue weighted by atomic mass is 10.0. The van der Waals surface area contributed by atoms with Crippen LogP contribution in [0.4, 0.5) is 68.2 Å². The maximum absolute atomic E-state index is 15.9. The van der Waals surface area contributed by atoms with Crippen molar-refractivity contribution >= 4 is 131 Å². The molecule has 4 heterocycles. The van der Waals surface area contributed by atoms with Gasteiger partial charge in [-0.25, -0.2) is 0 Å². The maximum Gasteiger partial charge on any atom is 0.176 e. The van der Waals surface area contributed by atoms with Crippen LogP contribution in [0.1, 0.15) is 0 Å². The minimum Gasteiger partial charge on any atom is -0.455 e. The van der Waals surface area contributed by atoms with Crippen LogP contribution in [0.3, 0.4) is 0 Å². The summed E-state index contributed by atoms with van der Waals surface area (Å²) in [7, 11) is -6.24. The molecular formula is C107H76N4O4P2. The first-order chi connectivity index (χ1) is 57.7. The second-order valence-corrected chi connectivity index (χ2v) is 35.0. The van der Waals surface area contributed by atoms with E-state index in [0.717, 1.165) is 172 Å². The summed E-state index contributed by atoms with van der Waals surface area (Å²) < 4.78 is 44.0. The van der Waals surface area contributed by atoms with Crippen molar-refractivity contribution < 1.29 is 18.0 Å². The van der Waals surface area contributed by atoms with Crippen molar-refractivity contribution in [3.8, 4) is 67.2 Å². The molecule has 0 bridgehead atoms. The quantitative estimate of drug-likeness (QED) is 0.0835. The van der Waals surface area contributed by atoms with Gasteiger partial charge >= 0.3 is 0 Å². The van der Waals surface area contributed by atoms with Crippen molar-refractivity contribution in [2.45, 2.75) is 0 Å². The zero-order chi connectivity index (χ0) is 78.4. The van der Waals surface area contributed by atoms with Crippen LogP contribution in [0, 0.1) is 0 Å². The molecule has 2 aliphatic rings. The molecule has 0 fully saturated rings. The van der Waals surface area contributed by atoms with Crippen LogP contribution in [-0.4, -0.2) is 6.66 Å². The van der Waals surface area contributed by atoms with E-state index in [1.807, 2.05) is 104 Å². The number of fused-ring (bicyclic) bond motifs is 10. The Morgan fingerprint density at radius 3 is 0.735 bits per heavy atom. The molecule has 0 saturated carbocycles. The fourth-order valence-corrected chi connectivity index (χ4v) is 22.4. The van der Waals surface area contributed by atoms with Crippen molar-refractivity contribution in [3.05, 3.63) is 443 Å². The van der Waals surface area contributed by atoms with Gasteiger partial charge in [-0.3, -0.25) is 0 Å². The third-order valence-corrected chi connectivity index (χ3v) is 28.2. The minimum absolute atomic E-state index is 0.684. The lowest BCUT2D eigenvalue weighted by Gasteiger charge is -2.25. The summed E-state index contributed by atoms with van der Waals surface area (Å²) in [5.74, 6) is 1.40. The Balaban J connectivity index is 0.000000151. The van der Waals surface area contributed by atoms with E-state index >= 15 is 4.57 Å². The molecule has 0 spiro atoms. The lowest BCUT2D eigenvalue weighted by molar-refractivity contribution is 0.590. The molecule has 0 N–H and O–H groups in total. The Bertz CT molecular complexity index is 6740. The highest BCUT2D eigenvalue weighted by Crippen LogP contribution is 2.57. The fraction of sp³-hybridized carbons (Fsp3) is 0.00935. The molecule has 19 aromatic rings. The third-order valence-electron chi connectivity index (χ3n) is 22.4. The van der Waals surface area contributed by atoms with E-state index in [9.17, 15) is 4.57 Å². The summed E-state index contributed by atoms with van der Waals surface area (Å²) in [4.78, 5) is 9.03. The topological polar surface area (TPSA) is 73.4 Å². The Labute approximate surface area is 680 Å². The lowest BCUT2D eigenvalue weighted by Crippen LogP contribution is -2.20. The van der Waals surface area contributed by atoms with E-state index in [1.54, 1.807) is 0 Å². The van der Waals surface area contributed by atoms with Gasteiger partial charge in [0, 0.05) is 106 Å². The number of hydrogen-bond donors (Lipinski definition) is 0. The van der Waals surface area contributed by atoms with E-state index in [-0.39, 0.29) is 0 Å². The first kappa shape index (κ1) is 71.5. The van der Waals surface area contributed by atoms with Crippen LogP contribution in [0.5, 0.6) is 0 Å². The van der Waals surface area contributed by atoms with Crippen molar-refractivity contribution in [2.75, 3.05) is 26.3 Å². The second kappa shape index (κ2) is 30.4. The van der Waals surface area contributed by atoms with Gasteiger partial charge in [0.15, 0.2) is 7.14 Å². The monoisotopic (exact) mass is 1540 g/mol. The number of para-hydroxylation sites is 8. The van der Waals surface area contributed by atoms with E-state index in [2.05, 4.69) is 365 Å². The highest BCUT2D eigenvalue weighted by molar-refractivity contribution is 7.86. The SMILES string of the molecule is CP1(=O)c2ccc(-c3ccc(N(c4ccccc4)c4ccccc4)cc3)cc2-c2oc3ccc(-c4ccc(N(c5ccccc5)c5ccccc5)cc4)cc3c21.O=P1(c2ccccc2)c2ccc(-c3ccc(N(c4ccccc4)c4ccccc4)cc3)cc2-c2oc3ccc(-c4ccc(N(c5ccccc5)c5ccccc5)cc4)cc3c21. The summed E-state index contributed by atoms with van der Waals surface area (Å²) >= 11 is 0. The Hall–Kier alpha value is -14.5. The summed E-state index contributed by atoms with van der Waals surface area (Å²) in [5, 5.41) is 5.84. The number of benzene rings is 17. The van der Waals surface area contributed by atoms with Gasteiger partial charge in [0.2, 0.25) is 0 Å². The largest absolute Gasteiger partial charge is 0.455 e. The molecule has 0 saturated heterocycles. The third kappa shape index (κ3) is 13.2. The van der Waals surface area contributed by atoms with E-state index < -0.39 is 14.3 Å². The molecule has 2 aromatic heterocycles. The van der Waals surface area contributed by atoms with E-state index in [4.69, 9.17) is 8.83 Å². The highest BCUT2D eigenvalue weighted by Gasteiger charge is 2.45. The molecule has 10 heteroatoms. The van der Waals surface area contributed by atoms with Gasteiger partial charge in [-0.2, -0.15) is 0 Å². The zero-order valence-corrected chi connectivity index (χ0v) is 65.8. The van der Waals surface area contributed by atoms with Crippen LogP contribution in [0.25, 0.3) is 89.1 Å². The van der Waals surface area contributed by atoms with Gasteiger partial charge in [-0.1, -0.05) is 249 Å². The molecule has 21 rings (SSSR count). The van der Waals surface area contributed by atoms with Crippen LogP contribution in [0.15, 0.2) is 452 Å². The maximum atomic E-state index is 15.9. The van der Waals surface area contributed by atoms with Crippen LogP contribution < -0.4 is 46.1 Å². The Morgan fingerprint density at radius 2 is 0.436 bits per heavy atom. The second-order valence-electron chi connectivity index (χ2n) is 29.5. The number of nitrogens with zero attached hydrogens (tertiary/aromatic N) is 4. The molecule has 117 heavy (non-hydrogen) atoms. The highest BCUT2D eigenvalue weighted by atomic mass is 31.2. The van der Waals surface area contributed by atoms with Crippen molar-refractivity contribution in [3.63, 3.8) is 0 Å². The van der Waals surface area contributed by atoms with Crippen molar-refractivity contribution in [2.24, 2.45) is 0 Å². The van der Waals surface area contributed by atoms with Gasteiger partial charge in [0.25, 0.3) is 0 Å². The standard InChI is InChI=1S/C56H39N2O2P.C51H37N2O2P/c59-61(50-24-14-5-15-25-50)54-37-31-43(41-28-34-49(35-29-41)58(46-20-10-3-11-21-46)47-22-12-4-13-23-47)39-52(54)55-56(61)51-38-42(30-36-53(51)60-55)40-26-32-48(33-27-40)57(44-16-6-1-7-17-44)45-18-8-2-9-19-45;1-56(54)49-33-27-39(37-24-30-45(31-25-37)53(42-18-10-4-11-19-42)43-20-12-5-13-21-43)35-47(49)50-51(56)46-34-38(26-32-48(46)55-50)36-22-28-44(29-23-36)52(40-14-6-2-7-15-40)41-16-8-3-9-17-41/h1-39H;2-35H,1H3. The molecule has 558 valence electrons. The average molecular weight is 1540 g/mol. The number of hydrogen-bond acceptors (Lipinski definition) is 8. The summed E-state index contributed by atoms with van der Waals surface area (Å²) in [6.45, 7) is 1.88. The summed E-state index contributed by atoms with van der Waals surface area (Å²) in [6.07, 6.45) is 0. The van der Waals surface area contributed by atoms with E-state index in [1.165, 1.54) is 0 Å². The molecule has 2 unspecified atom stereocenters.